The Hall–Kier alpha value is -0.930. The van der Waals surface area contributed by atoms with Gasteiger partial charge in [0, 0.05) is 0 Å². The maximum Gasteiger partial charge on any atom is 0.125 e. The summed E-state index contributed by atoms with van der Waals surface area (Å²) in [7, 11) is 0. The first-order chi connectivity index (χ1) is 6.63. The van der Waals surface area contributed by atoms with E-state index in [2.05, 4.69) is 4.98 Å². The third-order valence-corrected chi connectivity index (χ3v) is 3.73. The Kier molecular flexibility index (Phi) is 2.29. The van der Waals surface area contributed by atoms with Gasteiger partial charge in [-0.1, -0.05) is 19.1 Å². The minimum absolute atomic E-state index is 0.687. The molecule has 1 N–H and O–H groups in total. The van der Waals surface area contributed by atoms with Gasteiger partial charge in [0.1, 0.15) is 10.6 Å². The van der Waals surface area contributed by atoms with Crippen molar-refractivity contribution in [1.29, 1.82) is 0 Å². The highest BCUT2D eigenvalue weighted by atomic mass is 32.1. The molecule has 0 aliphatic heterocycles. The SMILES string of the molecule is CCC(C)(O)c1nc2ccccc2s1. The van der Waals surface area contributed by atoms with Crippen molar-refractivity contribution >= 4 is 21.6 Å². The van der Waals surface area contributed by atoms with Crippen molar-refractivity contribution in [3.63, 3.8) is 0 Å². The standard InChI is InChI=1S/C11H13NOS/c1-3-11(2,13)10-12-8-6-4-5-7-9(8)14-10/h4-7,13H,3H2,1-2H3. The van der Waals surface area contributed by atoms with E-state index in [9.17, 15) is 5.11 Å². The summed E-state index contributed by atoms with van der Waals surface area (Å²) in [5, 5.41) is 10.9. The van der Waals surface area contributed by atoms with E-state index in [4.69, 9.17) is 0 Å². The van der Waals surface area contributed by atoms with Crippen LogP contribution in [0.4, 0.5) is 0 Å². The fourth-order valence-electron chi connectivity index (χ4n) is 1.25. The number of aromatic nitrogens is 1. The van der Waals surface area contributed by atoms with Crippen LogP contribution in [0, 0.1) is 0 Å². The van der Waals surface area contributed by atoms with Crippen LogP contribution in [0.3, 0.4) is 0 Å². The molecule has 0 bridgehead atoms. The van der Waals surface area contributed by atoms with Crippen molar-refractivity contribution in [2.45, 2.75) is 25.9 Å². The zero-order valence-corrected chi connectivity index (χ0v) is 9.14. The van der Waals surface area contributed by atoms with Crippen LogP contribution in [-0.2, 0) is 5.60 Å². The third kappa shape index (κ3) is 1.53. The average molecular weight is 207 g/mol. The van der Waals surface area contributed by atoms with Crippen LogP contribution in [0.1, 0.15) is 25.3 Å². The Labute approximate surface area is 87.2 Å². The lowest BCUT2D eigenvalue weighted by Gasteiger charge is -2.17. The largest absolute Gasteiger partial charge is 0.383 e. The molecule has 2 rings (SSSR count). The van der Waals surface area contributed by atoms with Gasteiger partial charge in [-0.15, -0.1) is 11.3 Å². The van der Waals surface area contributed by atoms with E-state index in [-0.39, 0.29) is 0 Å². The number of hydrogen-bond acceptors (Lipinski definition) is 3. The molecule has 0 spiro atoms. The second-order valence-electron chi connectivity index (χ2n) is 3.61. The summed E-state index contributed by atoms with van der Waals surface area (Å²) in [6.45, 7) is 3.77. The fraction of sp³-hybridized carbons (Fsp3) is 0.364. The number of nitrogens with zero attached hydrogens (tertiary/aromatic N) is 1. The van der Waals surface area contributed by atoms with E-state index < -0.39 is 5.60 Å². The summed E-state index contributed by atoms with van der Waals surface area (Å²) in [6.07, 6.45) is 0.687. The Bertz CT molecular complexity index is 414. The average Bonchev–Trinajstić information content (AvgIpc) is 2.61. The van der Waals surface area contributed by atoms with Crippen molar-refractivity contribution in [3.05, 3.63) is 29.3 Å². The molecule has 2 nitrogen and oxygen atoms in total. The van der Waals surface area contributed by atoms with Gasteiger partial charge in [-0.2, -0.15) is 0 Å². The molecule has 1 heterocycles. The van der Waals surface area contributed by atoms with Crippen LogP contribution in [0.2, 0.25) is 0 Å². The fourth-order valence-corrected chi connectivity index (χ4v) is 2.34. The summed E-state index contributed by atoms with van der Waals surface area (Å²) in [6, 6.07) is 7.96. The minimum Gasteiger partial charge on any atom is -0.383 e. The first kappa shape index (κ1) is 9.62. The molecule has 0 saturated heterocycles. The van der Waals surface area contributed by atoms with Crippen LogP contribution in [-0.4, -0.2) is 10.1 Å². The van der Waals surface area contributed by atoms with Gasteiger partial charge in [-0.05, 0) is 25.5 Å². The highest BCUT2D eigenvalue weighted by Crippen LogP contribution is 2.31. The Morgan fingerprint density at radius 3 is 2.79 bits per heavy atom. The van der Waals surface area contributed by atoms with Gasteiger partial charge >= 0.3 is 0 Å². The summed E-state index contributed by atoms with van der Waals surface area (Å²) < 4.78 is 1.14. The normalized spacial score (nSPS) is 15.6. The predicted molar refractivity (Wildman–Crippen MR) is 59.5 cm³/mol. The van der Waals surface area contributed by atoms with Gasteiger partial charge in [0.15, 0.2) is 0 Å². The zero-order valence-electron chi connectivity index (χ0n) is 8.32. The van der Waals surface area contributed by atoms with Crippen LogP contribution < -0.4 is 0 Å². The van der Waals surface area contributed by atoms with Crippen molar-refractivity contribution < 1.29 is 5.11 Å². The highest BCUT2D eigenvalue weighted by molar-refractivity contribution is 7.18. The van der Waals surface area contributed by atoms with E-state index in [0.29, 0.717) is 6.42 Å². The lowest BCUT2D eigenvalue weighted by molar-refractivity contribution is 0.0530. The van der Waals surface area contributed by atoms with Crippen LogP contribution in [0.5, 0.6) is 0 Å². The van der Waals surface area contributed by atoms with E-state index in [1.807, 2.05) is 38.1 Å². The number of aliphatic hydroxyl groups is 1. The van der Waals surface area contributed by atoms with Gasteiger partial charge in [0.05, 0.1) is 10.2 Å². The second kappa shape index (κ2) is 3.33. The molecular weight excluding hydrogens is 194 g/mol. The number of rotatable bonds is 2. The number of benzene rings is 1. The molecule has 1 atom stereocenters. The van der Waals surface area contributed by atoms with Crippen LogP contribution in [0.25, 0.3) is 10.2 Å². The van der Waals surface area contributed by atoms with Crippen molar-refractivity contribution in [3.8, 4) is 0 Å². The monoisotopic (exact) mass is 207 g/mol. The predicted octanol–water partition coefficient (Wildman–Crippen LogP) is 2.91. The van der Waals surface area contributed by atoms with E-state index in [0.717, 1.165) is 15.2 Å². The molecule has 74 valence electrons. The second-order valence-corrected chi connectivity index (χ2v) is 4.64. The van der Waals surface area contributed by atoms with Crippen molar-refractivity contribution in [1.82, 2.24) is 4.98 Å². The molecule has 0 radical (unpaired) electrons. The smallest absolute Gasteiger partial charge is 0.125 e. The molecule has 0 amide bonds. The number of fused-ring (bicyclic) bond motifs is 1. The lowest BCUT2D eigenvalue weighted by Crippen LogP contribution is -2.18. The summed E-state index contributed by atoms with van der Waals surface area (Å²) in [5.74, 6) is 0. The van der Waals surface area contributed by atoms with E-state index in [1.165, 1.54) is 0 Å². The first-order valence-corrected chi connectivity index (χ1v) is 5.53. The Morgan fingerprint density at radius 1 is 1.43 bits per heavy atom. The zero-order chi connectivity index (χ0) is 10.2. The van der Waals surface area contributed by atoms with Gasteiger partial charge in [0.2, 0.25) is 0 Å². The van der Waals surface area contributed by atoms with E-state index >= 15 is 0 Å². The maximum absolute atomic E-state index is 10.0. The summed E-state index contributed by atoms with van der Waals surface area (Å²) in [5.41, 5.74) is 0.185. The molecule has 1 unspecified atom stereocenters. The number of hydrogen-bond donors (Lipinski definition) is 1. The molecule has 0 saturated carbocycles. The number of thiazole rings is 1. The van der Waals surface area contributed by atoms with Gasteiger partial charge in [-0.3, -0.25) is 0 Å². The molecule has 1 aromatic heterocycles. The van der Waals surface area contributed by atoms with Crippen LogP contribution >= 0.6 is 11.3 Å². The molecule has 14 heavy (non-hydrogen) atoms. The van der Waals surface area contributed by atoms with E-state index in [1.54, 1.807) is 11.3 Å². The molecule has 0 fully saturated rings. The van der Waals surface area contributed by atoms with Gasteiger partial charge in [-0.25, -0.2) is 4.98 Å². The molecule has 2 aromatic rings. The number of para-hydroxylation sites is 1. The quantitative estimate of drug-likeness (QED) is 0.821. The first-order valence-electron chi connectivity index (χ1n) is 4.72. The Balaban J connectivity index is 2.55. The van der Waals surface area contributed by atoms with Crippen LogP contribution in [0.15, 0.2) is 24.3 Å². The Morgan fingerprint density at radius 2 is 2.14 bits per heavy atom. The highest BCUT2D eigenvalue weighted by Gasteiger charge is 2.24. The summed E-state index contributed by atoms with van der Waals surface area (Å²) >= 11 is 1.57. The minimum atomic E-state index is -0.788. The molecule has 1 aromatic carbocycles. The molecular formula is C11H13NOS. The van der Waals surface area contributed by atoms with Gasteiger partial charge in [0.25, 0.3) is 0 Å². The maximum atomic E-state index is 10.0. The van der Waals surface area contributed by atoms with Crippen molar-refractivity contribution in [2.75, 3.05) is 0 Å². The molecule has 0 aliphatic carbocycles. The van der Waals surface area contributed by atoms with Crippen molar-refractivity contribution in [2.24, 2.45) is 0 Å². The molecule has 3 heteroatoms. The summed E-state index contributed by atoms with van der Waals surface area (Å²) in [4.78, 5) is 4.42. The lowest BCUT2D eigenvalue weighted by atomic mass is 10.1. The third-order valence-electron chi connectivity index (χ3n) is 2.44. The van der Waals surface area contributed by atoms with Gasteiger partial charge < -0.3 is 5.11 Å². The topological polar surface area (TPSA) is 33.1 Å². The molecule has 0 aliphatic rings.